The first kappa shape index (κ1) is 13.5. The molecule has 4 nitrogen and oxygen atoms in total. The predicted molar refractivity (Wildman–Crippen MR) is 76.8 cm³/mol. The maximum absolute atomic E-state index is 12.3. The highest BCUT2D eigenvalue weighted by Crippen LogP contribution is 2.37. The standard InChI is InChI=1S/C13H10Cl2N2O2/c14-7-4-2-1-3-6(7)13(19)10-9(18)5-8(16)11(15)12(10)17/h1-5,18H,16-17H2. The molecule has 0 fully saturated rings. The number of carbonyl (C=O) groups is 1. The van der Waals surface area contributed by atoms with Crippen LogP contribution in [0.5, 0.6) is 5.75 Å². The van der Waals surface area contributed by atoms with E-state index in [1.807, 2.05) is 0 Å². The second-order valence-electron chi connectivity index (χ2n) is 3.90. The Balaban J connectivity index is 2.64. The van der Waals surface area contributed by atoms with Crippen molar-refractivity contribution in [2.45, 2.75) is 0 Å². The lowest BCUT2D eigenvalue weighted by atomic mass is 10.00. The average Bonchev–Trinajstić information content (AvgIpc) is 2.36. The molecule has 0 aromatic heterocycles. The number of anilines is 2. The molecule has 2 rings (SSSR count). The van der Waals surface area contributed by atoms with E-state index < -0.39 is 5.78 Å². The fraction of sp³-hybridized carbons (Fsp3) is 0. The number of ketones is 1. The summed E-state index contributed by atoms with van der Waals surface area (Å²) in [6.07, 6.45) is 0. The zero-order valence-electron chi connectivity index (χ0n) is 9.65. The zero-order chi connectivity index (χ0) is 14.2. The van der Waals surface area contributed by atoms with E-state index in [0.717, 1.165) is 0 Å². The summed E-state index contributed by atoms with van der Waals surface area (Å²) in [4.78, 5) is 12.3. The third kappa shape index (κ3) is 2.32. The van der Waals surface area contributed by atoms with Crippen LogP contribution in [0.15, 0.2) is 30.3 Å². The van der Waals surface area contributed by atoms with Crippen molar-refractivity contribution < 1.29 is 9.90 Å². The van der Waals surface area contributed by atoms with Gasteiger partial charge < -0.3 is 16.6 Å². The van der Waals surface area contributed by atoms with Crippen LogP contribution in [-0.4, -0.2) is 10.9 Å². The molecule has 0 heterocycles. The highest BCUT2D eigenvalue weighted by molar-refractivity contribution is 6.38. The molecule has 0 radical (unpaired) electrons. The third-order valence-electron chi connectivity index (χ3n) is 2.65. The number of nitrogens with two attached hydrogens (primary N) is 2. The van der Waals surface area contributed by atoms with E-state index in [4.69, 9.17) is 34.7 Å². The molecule has 0 atom stereocenters. The van der Waals surface area contributed by atoms with Gasteiger partial charge in [-0.2, -0.15) is 0 Å². The molecule has 2 aromatic rings. The predicted octanol–water partition coefficient (Wildman–Crippen LogP) is 3.09. The van der Waals surface area contributed by atoms with E-state index in [2.05, 4.69) is 0 Å². The fourth-order valence-corrected chi connectivity index (χ4v) is 2.08. The summed E-state index contributed by atoms with van der Waals surface area (Å²) in [5.74, 6) is -0.841. The lowest BCUT2D eigenvalue weighted by Gasteiger charge is -2.11. The summed E-state index contributed by atoms with van der Waals surface area (Å²) in [5, 5.41) is 10.1. The Hall–Kier alpha value is -1.91. The molecule has 19 heavy (non-hydrogen) atoms. The highest BCUT2D eigenvalue weighted by Gasteiger charge is 2.22. The SMILES string of the molecule is Nc1cc(O)c(C(=O)c2ccccc2Cl)c(N)c1Cl. The molecule has 0 spiro atoms. The van der Waals surface area contributed by atoms with E-state index in [1.54, 1.807) is 18.2 Å². The van der Waals surface area contributed by atoms with Crippen LogP contribution in [0.25, 0.3) is 0 Å². The van der Waals surface area contributed by atoms with Gasteiger partial charge in [-0.1, -0.05) is 35.3 Å². The van der Waals surface area contributed by atoms with Crippen LogP contribution in [0.4, 0.5) is 11.4 Å². The van der Waals surface area contributed by atoms with Gasteiger partial charge in [-0.05, 0) is 12.1 Å². The Bertz CT molecular complexity index is 672. The molecule has 0 saturated heterocycles. The van der Waals surface area contributed by atoms with Crippen molar-refractivity contribution >= 4 is 40.4 Å². The summed E-state index contributed by atoms with van der Waals surface area (Å²) in [5.41, 5.74) is 11.4. The Morgan fingerprint density at radius 3 is 2.42 bits per heavy atom. The van der Waals surface area contributed by atoms with Gasteiger partial charge in [0.15, 0.2) is 5.78 Å². The Morgan fingerprint density at radius 2 is 1.79 bits per heavy atom. The normalized spacial score (nSPS) is 10.4. The first-order valence-corrected chi connectivity index (χ1v) is 6.04. The molecule has 0 amide bonds. The number of hydrogen-bond donors (Lipinski definition) is 3. The van der Waals surface area contributed by atoms with Crippen molar-refractivity contribution in [1.29, 1.82) is 0 Å². The Labute approximate surface area is 119 Å². The summed E-state index contributed by atoms with van der Waals surface area (Å²) >= 11 is 11.8. The van der Waals surface area contributed by atoms with Gasteiger partial charge in [-0.15, -0.1) is 0 Å². The lowest BCUT2D eigenvalue weighted by Crippen LogP contribution is -2.08. The molecule has 5 N–H and O–H groups in total. The second-order valence-corrected chi connectivity index (χ2v) is 4.68. The smallest absolute Gasteiger partial charge is 0.200 e. The average molecular weight is 297 g/mol. The molecular formula is C13H10Cl2N2O2. The minimum Gasteiger partial charge on any atom is -0.507 e. The van der Waals surface area contributed by atoms with Crippen LogP contribution in [0.3, 0.4) is 0 Å². The number of aromatic hydroxyl groups is 1. The quantitative estimate of drug-likeness (QED) is 0.587. The lowest BCUT2D eigenvalue weighted by molar-refractivity contribution is 0.103. The van der Waals surface area contributed by atoms with Crippen LogP contribution >= 0.6 is 23.2 Å². The monoisotopic (exact) mass is 296 g/mol. The minimum atomic E-state index is -0.512. The number of phenols is 1. The van der Waals surface area contributed by atoms with Gasteiger partial charge in [0.05, 0.1) is 27.0 Å². The van der Waals surface area contributed by atoms with E-state index in [-0.39, 0.29) is 38.3 Å². The van der Waals surface area contributed by atoms with Gasteiger partial charge in [0, 0.05) is 11.6 Å². The number of benzene rings is 2. The fourth-order valence-electron chi connectivity index (χ4n) is 1.70. The van der Waals surface area contributed by atoms with Crippen molar-refractivity contribution in [1.82, 2.24) is 0 Å². The zero-order valence-corrected chi connectivity index (χ0v) is 11.2. The molecule has 98 valence electrons. The Kier molecular flexibility index (Phi) is 3.55. The molecule has 0 aliphatic carbocycles. The number of carbonyl (C=O) groups excluding carboxylic acids is 1. The highest BCUT2D eigenvalue weighted by atomic mass is 35.5. The Morgan fingerprint density at radius 1 is 1.16 bits per heavy atom. The van der Waals surface area contributed by atoms with Crippen molar-refractivity contribution in [3.63, 3.8) is 0 Å². The van der Waals surface area contributed by atoms with Crippen LogP contribution in [0.2, 0.25) is 10.0 Å². The molecule has 6 heteroatoms. The molecule has 0 aliphatic rings. The number of halogens is 2. The van der Waals surface area contributed by atoms with Crippen molar-refractivity contribution in [3.8, 4) is 5.75 Å². The third-order valence-corrected chi connectivity index (χ3v) is 3.40. The van der Waals surface area contributed by atoms with Gasteiger partial charge >= 0.3 is 0 Å². The van der Waals surface area contributed by atoms with Gasteiger partial charge in [-0.25, -0.2) is 0 Å². The summed E-state index contributed by atoms with van der Waals surface area (Å²) < 4.78 is 0. The topological polar surface area (TPSA) is 89.3 Å². The summed E-state index contributed by atoms with van der Waals surface area (Å²) in [6, 6.07) is 7.64. The van der Waals surface area contributed by atoms with E-state index in [9.17, 15) is 9.90 Å². The van der Waals surface area contributed by atoms with Crippen molar-refractivity contribution in [2.75, 3.05) is 11.5 Å². The van der Waals surface area contributed by atoms with Gasteiger partial charge in [0.1, 0.15) is 5.75 Å². The molecule has 0 saturated carbocycles. The summed E-state index contributed by atoms with van der Waals surface area (Å²) in [6.45, 7) is 0. The molecule has 0 bridgehead atoms. The molecule has 0 aliphatic heterocycles. The summed E-state index contributed by atoms with van der Waals surface area (Å²) in [7, 11) is 0. The van der Waals surface area contributed by atoms with E-state index in [1.165, 1.54) is 12.1 Å². The van der Waals surface area contributed by atoms with Gasteiger partial charge in [0.2, 0.25) is 0 Å². The first-order chi connectivity index (χ1) is 8.93. The minimum absolute atomic E-state index is 0.0354. The first-order valence-electron chi connectivity index (χ1n) is 5.29. The van der Waals surface area contributed by atoms with Crippen LogP contribution in [0, 0.1) is 0 Å². The number of phenolic OH excluding ortho intramolecular Hbond substituents is 1. The largest absolute Gasteiger partial charge is 0.507 e. The van der Waals surface area contributed by atoms with Crippen LogP contribution in [0.1, 0.15) is 15.9 Å². The van der Waals surface area contributed by atoms with Crippen molar-refractivity contribution in [3.05, 3.63) is 51.5 Å². The van der Waals surface area contributed by atoms with Crippen molar-refractivity contribution in [2.24, 2.45) is 0 Å². The van der Waals surface area contributed by atoms with E-state index >= 15 is 0 Å². The second kappa shape index (κ2) is 4.99. The van der Waals surface area contributed by atoms with Crippen LogP contribution < -0.4 is 11.5 Å². The molecule has 0 unspecified atom stereocenters. The van der Waals surface area contributed by atoms with E-state index in [0.29, 0.717) is 0 Å². The molecular weight excluding hydrogens is 287 g/mol. The van der Waals surface area contributed by atoms with Crippen LogP contribution in [-0.2, 0) is 0 Å². The number of hydrogen-bond acceptors (Lipinski definition) is 4. The maximum atomic E-state index is 12.3. The molecule has 2 aromatic carbocycles. The van der Waals surface area contributed by atoms with Gasteiger partial charge in [0.25, 0.3) is 0 Å². The van der Waals surface area contributed by atoms with Gasteiger partial charge in [-0.3, -0.25) is 4.79 Å². The maximum Gasteiger partial charge on any atom is 0.200 e. The number of rotatable bonds is 2. The number of nitrogen functional groups attached to an aromatic ring is 2.